The van der Waals surface area contributed by atoms with Gasteiger partial charge in [-0.05, 0) is 13.8 Å². The average molecular weight is 208 g/mol. The molecule has 13 heavy (non-hydrogen) atoms. The van der Waals surface area contributed by atoms with Crippen molar-refractivity contribution in [2.75, 3.05) is 0 Å². The van der Waals surface area contributed by atoms with Crippen LogP contribution < -0.4 is 0 Å². The second-order valence-corrected chi connectivity index (χ2v) is 5.39. The lowest BCUT2D eigenvalue weighted by atomic mass is 9.90. The second-order valence-electron chi connectivity index (χ2n) is 3.69. The van der Waals surface area contributed by atoms with Crippen molar-refractivity contribution < 1.29 is 0 Å². The Balaban J connectivity index is 2.44. The molecule has 1 aliphatic carbocycles. The minimum Gasteiger partial charge on any atom is -0.248 e. The van der Waals surface area contributed by atoms with Crippen LogP contribution >= 0.6 is 22.7 Å². The molecular weight excluding hydrogens is 200 g/mol. The van der Waals surface area contributed by atoms with E-state index in [1.165, 1.54) is 21.1 Å². The molecule has 2 aromatic rings. The summed E-state index contributed by atoms with van der Waals surface area (Å²) in [5.74, 6) is 0. The monoisotopic (exact) mass is 208 g/mol. The van der Waals surface area contributed by atoms with Gasteiger partial charge in [0.2, 0.25) is 0 Å². The largest absolute Gasteiger partial charge is 0.248 e. The van der Waals surface area contributed by atoms with E-state index >= 15 is 0 Å². The summed E-state index contributed by atoms with van der Waals surface area (Å²) in [5.41, 5.74) is 6.27. The fourth-order valence-electron chi connectivity index (χ4n) is 1.82. The minimum atomic E-state index is 0.0185. The van der Waals surface area contributed by atoms with E-state index in [0.29, 0.717) is 0 Å². The minimum absolute atomic E-state index is 0.0185. The molecule has 4 heteroatoms. The van der Waals surface area contributed by atoms with Crippen LogP contribution in [0.15, 0.2) is 11.0 Å². The zero-order chi connectivity index (χ0) is 9.05. The van der Waals surface area contributed by atoms with E-state index < -0.39 is 0 Å². The third-order valence-electron chi connectivity index (χ3n) is 2.53. The molecule has 3 rings (SSSR count). The molecule has 0 saturated heterocycles. The predicted octanol–water partition coefficient (Wildman–Crippen LogP) is 2.91. The van der Waals surface area contributed by atoms with E-state index in [2.05, 4.69) is 23.8 Å². The maximum absolute atomic E-state index is 4.42. The molecular formula is C9H8N2S2. The smallest absolute Gasteiger partial charge is 0.0802 e. The Morgan fingerprint density at radius 3 is 1.92 bits per heavy atom. The third kappa shape index (κ3) is 0.777. The Morgan fingerprint density at radius 1 is 1.00 bits per heavy atom. The van der Waals surface area contributed by atoms with Gasteiger partial charge >= 0.3 is 0 Å². The number of hydrogen-bond acceptors (Lipinski definition) is 4. The van der Waals surface area contributed by atoms with Crippen LogP contribution in [0.25, 0.3) is 9.75 Å². The number of nitrogens with zero attached hydrogens (tertiary/aromatic N) is 2. The summed E-state index contributed by atoms with van der Waals surface area (Å²) >= 11 is 3.44. The van der Waals surface area contributed by atoms with Crippen LogP contribution in [0.2, 0.25) is 0 Å². The Morgan fingerprint density at radius 2 is 1.46 bits per heavy atom. The van der Waals surface area contributed by atoms with Gasteiger partial charge in [-0.2, -0.15) is 0 Å². The van der Waals surface area contributed by atoms with E-state index in [4.69, 9.17) is 0 Å². The van der Waals surface area contributed by atoms with Gasteiger partial charge in [-0.25, -0.2) is 9.97 Å². The van der Waals surface area contributed by atoms with E-state index in [1.807, 2.05) is 11.0 Å². The molecule has 0 atom stereocenters. The Kier molecular flexibility index (Phi) is 1.29. The van der Waals surface area contributed by atoms with Crippen molar-refractivity contribution in [1.82, 2.24) is 9.97 Å². The average Bonchev–Trinajstić information content (AvgIpc) is 2.74. The molecule has 0 aliphatic heterocycles. The summed E-state index contributed by atoms with van der Waals surface area (Å²) in [5, 5.41) is 0. The Hall–Kier alpha value is -0.740. The lowest BCUT2D eigenvalue weighted by molar-refractivity contribution is 0.621. The first-order valence-electron chi connectivity index (χ1n) is 4.09. The molecule has 66 valence electrons. The first-order valence-corrected chi connectivity index (χ1v) is 5.85. The number of rotatable bonds is 0. The maximum Gasteiger partial charge on any atom is 0.0802 e. The molecule has 1 aliphatic rings. The fraction of sp³-hybridized carbons (Fsp3) is 0.333. The quantitative estimate of drug-likeness (QED) is 0.665. The van der Waals surface area contributed by atoms with Gasteiger partial charge < -0.3 is 0 Å². The summed E-state index contributed by atoms with van der Waals surface area (Å²) in [6, 6.07) is 0. The summed E-state index contributed by atoms with van der Waals surface area (Å²) in [6.07, 6.45) is 0. The fourth-order valence-corrected chi connectivity index (χ4v) is 3.88. The van der Waals surface area contributed by atoms with Crippen LogP contribution in [0.1, 0.15) is 25.2 Å². The van der Waals surface area contributed by atoms with E-state index in [0.717, 1.165) is 0 Å². The summed E-state index contributed by atoms with van der Waals surface area (Å²) < 4.78 is 0. The normalized spacial score (nSPS) is 17.1. The van der Waals surface area contributed by atoms with E-state index in [-0.39, 0.29) is 5.41 Å². The summed E-state index contributed by atoms with van der Waals surface area (Å²) in [7, 11) is 0. The Labute approximate surface area is 84.3 Å². The van der Waals surface area contributed by atoms with Crippen molar-refractivity contribution in [1.29, 1.82) is 0 Å². The van der Waals surface area contributed by atoms with Gasteiger partial charge in [0, 0.05) is 0 Å². The topological polar surface area (TPSA) is 25.8 Å². The number of thiazole rings is 2. The van der Waals surface area contributed by atoms with E-state index in [9.17, 15) is 0 Å². The van der Waals surface area contributed by atoms with Crippen molar-refractivity contribution in [3.63, 3.8) is 0 Å². The van der Waals surface area contributed by atoms with Gasteiger partial charge in [0.25, 0.3) is 0 Å². The molecule has 0 N–H and O–H groups in total. The molecule has 0 fully saturated rings. The van der Waals surface area contributed by atoms with Crippen LogP contribution in [-0.2, 0) is 5.41 Å². The molecule has 0 bridgehead atoms. The first kappa shape index (κ1) is 7.64. The molecule has 2 heterocycles. The predicted molar refractivity (Wildman–Crippen MR) is 55.4 cm³/mol. The highest BCUT2D eigenvalue weighted by molar-refractivity contribution is 7.20. The molecule has 0 unspecified atom stereocenters. The SMILES string of the molecule is CC1(C)c2ncsc2-c2scnc21. The molecule has 0 saturated carbocycles. The maximum atomic E-state index is 4.42. The number of fused-ring (bicyclic) bond motifs is 3. The summed E-state index contributed by atoms with van der Waals surface area (Å²) in [4.78, 5) is 11.5. The van der Waals surface area contributed by atoms with Crippen molar-refractivity contribution in [3.8, 4) is 9.75 Å². The highest BCUT2D eigenvalue weighted by Gasteiger charge is 2.40. The molecule has 0 amide bonds. The highest BCUT2D eigenvalue weighted by atomic mass is 32.1. The van der Waals surface area contributed by atoms with Crippen LogP contribution in [0, 0.1) is 0 Å². The van der Waals surface area contributed by atoms with E-state index in [1.54, 1.807) is 22.7 Å². The van der Waals surface area contributed by atoms with Gasteiger partial charge in [0.1, 0.15) is 0 Å². The molecule has 0 spiro atoms. The zero-order valence-corrected chi connectivity index (χ0v) is 9.00. The van der Waals surface area contributed by atoms with Crippen molar-refractivity contribution in [2.45, 2.75) is 19.3 Å². The Bertz CT molecular complexity index is 425. The van der Waals surface area contributed by atoms with Crippen LogP contribution in [0.5, 0.6) is 0 Å². The van der Waals surface area contributed by atoms with Crippen molar-refractivity contribution in [3.05, 3.63) is 22.4 Å². The van der Waals surface area contributed by atoms with Crippen LogP contribution in [0.4, 0.5) is 0 Å². The third-order valence-corrected chi connectivity index (χ3v) is 4.34. The zero-order valence-electron chi connectivity index (χ0n) is 7.37. The van der Waals surface area contributed by atoms with Gasteiger partial charge in [0.15, 0.2) is 0 Å². The molecule has 0 aromatic carbocycles. The summed E-state index contributed by atoms with van der Waals surface area (Å²) in [6.45, 7) is 4.38. The van der Waals surface area contributed by atoms with Gasteiger partial charge in [0.05, 0.1) is 37.6 Å². The molecule has 2 nitrogen and oxygen atoms in total. The second kappa shape index (κ2) is 2.19. The lowest BCUT2D eigenvalue weighted by Gasteiger charge is -2.15. The van der Waals surface area contributed by atoms with Gasteiger partial charge in [-0.3, -0.25) is 0 Å². The lowest BCUT2D eigenvalue weighted by Crippen LogP contribution is -2.16. The van der Waals surface area contributed by atoms with Crippen LogP contribution in [-0.4, -0.2) is 9.97 Å². The molecule has 0 radical (unpaired) electrons. The van der Waals surface area contributed by atoms with Gasteiger partial charge in [-0.1, -0.05) is 0 Å². The van der Waals surface area contributed by atoms with Crippen LogP contribution in [0.3, 0.4) is 0 Å². The first-order chi connectivity index (χ1) is 6.21. The van der Waals surface area contributed by atoms with Gasteiger partial charge in [-0.15, -0.1) is 22.7 Å². The van der Waals surface area contributed by atoms with Crippen molar-refractivity contribution >= 4 is 22.7 Å². The molecule has 2 aromatic heterocycles. The number of hydrogen-bond donors (Lipinski definition) is 0. The number of aromatic nitrogens is 2. The standard InChI is InChI=1S/C9H8N2S2/c1-9(2)7-5(12-3-10-7)6-8(9)11-4-13-6/h3-4H,1-2H3. The van der Waals surface area contributed by atoms with Crippen molar-refractivity contribution in [2.24, 2.45) is 0 Å². The highest BCUT2D eigenvalue weighted by Crippen LogP contribution is 2.50.